The van der Waals surface area contributed by atoms with E-state index in [0.29, 0.717) is 13.0 Å². The Labute approximate surface area is 124 Å². The van der Waals surface area contributed by atoms with Gasteiger partial charge in [0.05, 0.1) is 5.92 Å². The highest BCUT2D eigenvalue weighted by Gasteiger charge is 2.51. The van der Waals surface area contributed by atoms with Gasteiger partial charge in [-0.25, -0.2) is 4.79 Å². The number of fused-ring (bicyclic) bond motifs is 2. The zero-order valence-electron chi connectivity index (χ0n) is 12.0. The summed E-state index contributed by atoms with van der Waals surface area (Å²) in [5.41, 5.74) is 0. The number of amides is 2. The van der Waals surface area contributed by atoms with Gasteiger partial charge in [0.15, 0.2) is 0 Å². The lowest BCUT2D eigenvalue weighted by molar-refractivity contribution is -0.142. The van der Waals surface area contributed by atoms with Crippen LogP contribution in [0.2, 0.25) is 0 Å². The van der Waals surface area contributed by atoms with E-state index < -0.39 is 5.97 Å². The molecule has 0 saturated carbocycles. The Morgan fingerprint density at radius 2 is 2.10 bits per heavy atom. The summed E-state index contributed by atoms with van der Waals surface area (Å²) in [4.78, 5) is 25.1. The fourth-order valence-electron chi connectivity index (χ4n) is 3.41. The van der Waals surface area contributed by atoms with Crippen molar-refractivity contribution in [3.05, 3.63) is 0 Å². The van der Waals surface area contributed by atoms with Crippen LogP contribution in [0.1, 0.15) is 38.5 Å². The molecular weight excluding hydrogens is 276 g/mol. The van der Waals surface area contributed by atoms with Crippen molar-refractivity contribution in [1.29, 1.82) is 0 Å². The van der Waals surface area contributed by atoms with Crippen LogP contribution >= 0.6 is 11.8 Å². The minimum absolute atomic E-state index is 0.0638. The Bertz CT molecular complexity index is 364. The normalized spacial score (nSPS) is 27.9. The summed E-state index contributed by atoms with van der Waals surface area (Å²) in [5.74, 6) is 0.0537. The molecule has 0 aromatic carbocycles. The second kappa shape index (κ2) is 7.20. The van der Waals surface area contributed by atoms with E-state index in [0.717, 1.165) is 25.7 Å². The highest BCUT2D eigenvalue weighted by Crippen LogP contribution is 2.41. The highest BCUT2D eigenvalue weighted by molar-refractivity contribution is 7.98. The fraction of sp³-hybridized carbons (Fsp3) is 0.857. The molecule has 2 heterocycles. The predicted molar refractivity (Wildman–Crippen MR) is 80.0 cm³/mol. The lowest BCUT2D eigenvalue weighted by atomic mass is 9.89. The van der Waals surface area contributed by atoms with Gasteiger partial charge in [-0.1, -0.05) is 6.42 Å². The summed E-state index contributed by atoms with van der Waals surface area (Å²) in [6, 6.07) is -0.0160. The van der Waals surface area contributed by atoms with E-state index in [2.05, 4.69) is 11.6 Å². The maximum absolute atomic E-state index is 12.2. The number of hydrogen-bond donors (Lipinski definition) is 2. The number of carboxylic acids is 1. The van der Waals surface area contributed by atoms with E-state index >= 15 is 0 Å². The van der Waals surface area contributed by atoms with Crippen molar-refractivity contribution >= 4 is 23.8 Å². The number of hydrogen-bond acceptors (Lipinski definition) is 3. The molecule has 2 N–H and O–H groups in total. The molecule has 2 rings (SSSR count). The van der Waals surface area contributed by atoms with E-state index in [1.54, 1.807) is 4.90 Å². The number of urea groups is 1. The monoisotopic (exact) mass is 300 g/mol. The first-order valence-electron chi connectivity index (χ1n) is 7.43. The topological polar surface area (TPSA) is 69.6 Å². The number of aliphatic carboxylic acids is 1. The van der Waals surface area contributed by atoms with Crippen LogP contribution in [0.3, 0.4) is 0 Å². The molecule has 0 aromatic rings. The van der Waals surface area contributed by atoms with Gasteiger partial charge in [-0.3, -0.25) is 4.79 Å². The maximum Gasteiger partial charge on any atom is 0.317 e. The van der Waals surface area contributed by atoms with Crippen molar-refractivity contribution in [2.24, 2.45) is 5.92 Å². The number of carbonyl (C=O) groups excluding carboxylic acids is 1. The Kier molecular flexibility index (Phi) is 5.57. The van der Waals surface area contributed by atoms with Gasteiger partial charge in [0.2, 0.25) is 0 Å². The molecule has 5 nitrogen and oxygen atoms in total. The Balaban J connectivity index is 1.72. The predicted octanol–water partition coefficient (Wildman–Crippen LogP) is 2.17. The molecular formula is C14H24N2O3S. The maximum atomic E-state index is 12.2. The van der Waals surface area contributed by atoms with Crippen molar-refractivity contribution in [3.8, 4) is 0 Å². The molecule has 0 aliphatic carbocycles. The van der Waals surface area contributed by atoms with Crippen LogP contribution in [0, 0.1) is 5.92 Å². The Morgan fingerprint density at radius 3 is 2.75 bits per heavy atom. The number of rotatable bonds is 7. The lowest BCUT2D eigenvalue weighted by Gasteiger charge is -2.23. The van der Waals surface area contributed by atoms with Gasteiger partial charge in [0.25, 0.3) is 0 Å². The van der Waals surface area contributed by atoms with Crippen LogP contribution < -0.4 is 5.32 Å². The quantitative estimate of drug-likeness (QED) is 0.707. The fourth-order valence-corrected chi connectivity index (χ4v) is 3.90. The van der Waals surface area contributed by atoms with Gasteiger partial charge in [-0.15, -0.1) is 0 Å². The standard InChI is InChI=1S/C14H24N2O3S/c1-20-8-4-2-3-7-15-14(19)16-10-5-6-12(16)11(9-10)13(17)18/h10-12H,2-9H2,1H3,(H,15,19)(H,17,18). The first-order valence-corrected chi connectivity index (χ1v) is 8.82. The van der Waals surface area contributed by atoms with Crippen molar-refractivity contribution < 1.29 is 14.7 Å². The van der Waals surface area contributed by atoms with Crippen molar-refractivity contribution in [1.82, 2.24) is 10.2 Å². The van der Waals surface area contributed by atoms with Gasteiger partial charge >= 0.3 is 12.0 Å². The minimum atomic E-state index is -0.757. The molecule has 3 atom stereocenters. The molecule has 2 amide bonds. The average Bonchev–Trinajstić information content (AvgIpc) is 3.00. The smallest absolute Gasteiger partial charge is 0.317 e. The molecule has 2 aliphatic heterocycles. The Morgan fingerprint density at radius 1 is 1.30 bits per heavy atom. The minimum Gasteiger partial charge on any atom is -0.481 e. The molecule has 2 fully saturated rings. The molecule has 2 aliphatic rings. The SMILES string of the molecule is CSCCCCCNC(=O)N1C2CCC1C(C(=O)O)C2. The van der Waals surface area contributed by atoms with Crippen molar-refractivity contribution in [2.45, 2.75) is 50.6 Å². The molecule has 6 heteroatoms. The van der Waals surface area contributed by atoms with Crippen LogP contribution in [-0.2, 0) is 4.79 Å². The van der Waals surface area contributed by atoms with Gasteiger partial charge in [0, 0.05) is 18.6 Å². The summed E-state index contributed by atoms with van der Waals surface area (Å²) in [5, 5.41) is 12.1. The van der Waals surface area contributed by atoms with Crippen LogP contribution in [0.15, 0.2) is 0 Å². The first kappa shape index (κ1) is 15.5. The van der Waals surface area contributed by atoms with Gasteiger partial charge in [0.1, 0.15) is 0 Å². The lowest BCUT2D eigenvalue weighted by Crippen LogP contribution is -2.44. The zero-order valence-corrected chi connectivity index (χ0v) is 12.8. The van der Waals surface area contributed by atoms with Gasteiger partial charge in [-0.05, 0) is 44.1 Å². The number of nitrogens with one attached hydrogen (secondary N) is 1. The van der Waals surface area contributed by atoms with Crippen LogP contribution in [0.4, 0.5) is 4.79 Å². The summed E-state index contributed by atoms with van der Waals surface area (Å²) >= 11 is 1.85. The number of carboxylic acid groups (broad SMARTS) is 1. The third-order valence-corrected chi connectivity index (χ3v) is 5.09. The average molecular weight is 300 g/mol. The van der Waals surface area contributed by atoms with E-state index in [1.165, 1.54) is 12.2 Å². The molecule has 114 valence electrons. The number of carbonyl (C=O) groups is 2. The number of thioether (sulfide) groups is 1. The molecule has 20 heavy (non-hydrogen) atoms. The highest BCUT2D eigenvalue weighted by atomic mass is 32.2. The zero-order chi connectivity index (χ0) is 14.5. The summed E-state index contributed by atoms with van der Waals surface area (Å²) in [6.07, 6.45) is 7.83. The molecule has 0 spiro atoms. The van der Waals surface area contributed by atoms with Crippen LogP contribution in [0.5, 0.6) is 0 Å². The van der Waals surface area contributed by atoms with E-state index in [4.69, 9.17) is 0 Å². The summed E-state index contributed by atoms with van der Waals surface area (Å²) < 4.78 is 0. The molecule has 0 aromatic heterocycles. The molecule has 3 unspecified atom stereocenters. The van der Waals surface area contributed by atoms with Gasteiger partial charge < -0.3 is 15.3 Å². The number of unbranched alkanes of at least 4 members (excludes halogenated alkanes) is 2. The van der Waals surface area contributed by atoms with Crippen LogP contribution in [-0.4, -0.2) is 52.6 Å². The first-order chi connectivity index (χ1) is 9.65. The third-order valence-electron chi connectivity index (χ3n) is 4.39. The molecule has 0 radical (unpaired) electrons. The largest absolute Gasteiger partial charge is 0.481 e. The summed E-state index contributed by atoms with van der Waals surface area (Å²) in [6.45, 7) is 0.695. The second-order valence-corrected chi connectivity index (χ2v) is 6.66. The van der Waals surface area contributed by atoms with E-state index in [-0.39, 0.29) is 24.0 Å². The number of nitrogens with zero attached hydrogens (tertiary/aromatic N) is 1. The third kappa shape index (κ3) is 3.40. The second-order valence-electron chi connectivity index (χ2n) is 5.67. The van der Waals surface area contributed by atoms with Gasteiger partial charge in [-0.2, -0.15) is 11.8 Å². The van der Waals surface area contributed by atoms with E-state index in [9.17, 15) is 14.7 Å². The Hall–Kier alpha value is -0.910. The van der Waals surface area contributed by atoms with Crippen LogP contribution in [0.25, 0.3) is 0 Å². The summed E-state index contributed by atoms with van der Waals surface area (Å²) in [7, 11) is 0. The van der Waals surface area contributed by atoms with E-state index in [1.807, 2.05) is 11.8 Å². The van der Waals surface area contributed by atoms with Crippen molar-refractivity contribution in [2.75, 3.05) is 18.6 Å². The molecule has 2 bridgehead atoms. The van der Waals surface area contributed by atoms with Crippen molar-refractivity contribution in [3.63, 3.8) is 0 Å². The molecule has 2 saturated heterocycles.